The number of rotatable bonds is 5. The van der Waals surface area contributed by atoms with Gasteiger partial charge >= 0.3 is 0 Å². The number of hydrogen-bond donors (Lipinski definition) is 0. The Morgan fingerprint density at radius 2 is 1.90 bits per heavy atom. The van der Waals surface area contributed by atoms with Crippen LogP contribution in [0.5, 0.6) is 5.75 Å². The van der Waals surface area contributed by atoms with Crippen LogP contribution in [0.4, 0.5) is 5.69 Å². The number of amides is 1. The van der Waals surface area contributed by atoms with Gasteiger partial charge in [0.05, 0.1) is 5.69 Å². The van der Waals surface area contributed by atoms with Gasteiger partial charge in [0.2, 0.25) is 0 Å². The van der Waals surface area contributed by atoms with Crippen LogP contribution < -0.4 is 9.64 Å². The predicted molar refractivity (Wildman–Crippen MR) is 121 cm³/mol. The molecule has 1 amide bonds. The number of aryl methyl sites for hydroxylation is 2. The number of piperazine rings is 1. The lowest BCUT2D eigenvalue weighted by Gasteiger charge is -2.37. The van der Waals surface area contributed by atoms with E-state index in [0.717, 1.165) is 36.5 Å². The molecule has 1 aliphatic heterocycles. The second-order valence-electron chi connectivity index (χ2n) is 7.20. The molecule has 0 N–H and O–H groups in total. The third kappa shape index (κ3) is 4.93. The smallest absolute Gasteiger partial charge is 0.260 e. The van der Waals surface area contributed by atoms with E-state index in [9.17, 15) is 4.79 Å². The topological polar surface area (TPSA) is 50.1 Å². The van der Waals surface area contributed by atoms with Crippen molar-refractivity contribution < 1.29 is 9.53 Å². The summed E-state index contributed by atoms with van der Waals surface area (Å²) in [6.07, 6.45) is 6.91. The van der Waals surface area contributed by atoms with Crippen LogP contribution >= 0.6 is 0 Å². The molecule has 2 aromatic heterocycles. The lowest BCUT2D eigenvalue weighted by Crippen LogP contribution is -2.50. The second-order valence-corrected chi connectivity index (χ2v) is 7.20. The molecule has 6 nitrogen and oxygen atoms in total. The minimum absolute atomic E-state index is 0.0435. The summed E-state index contributed by atoms with van der Waals surface area (Å²) in [6.45, 7) is 11.3. The number of carbonyl (C=O) groups is 1. The second kappa shape index (κ2) is 10.1. The van der Waals surface area contributed by atoms with E-state index in [0.29, 0.717) is 13.1 Å². The van der Waals surface area contributed by atoms with Crippen LogP contribution in [-0.4, -0.2) is 53.0 Å². The van der Waals surface area contributed by atoms with Crippen molar-refractivity contribution in [2.45, 2.75) is 34.1 Å². The maximum absolute atomic E-state index is 12.5. The number of carbonyl (C=O) groups excluding carboxylic acids is 1. The van der Waals surface area contributed by atoms with E-state index in [4.69, 9.17) is 4.74 Å². The zero-order chi connectivity index (χ0) is 21.5. The summed E-state index contributed by atoms with van der Waals surface area (Å²) in [4.78, 5) is 21.2. The Hall–Kier alpha value is -3.02. The highest BCUT2D eigenvalue weighted by Crippen LogP contribution is 2.24. The van der Waals surface area contributed by atoms with Crippen molar-refractivity contribution in [2.24, 2.45) is 0 Å². The van der Waals surface area contributed by atoms with Crippen LogP contribution in [0.3, 0.4) is 0 Å². The fraction of sp³-hybridized carbons (Fsp3) is 0.417. The molecule has 3 aromatic rings. The number of anilines is 1. The molecule has 0 radical (unpaired) electrons. The first kappa shape index (κ1) is 21.7. The summed E-state index contributed by atoms with van der Waals surface area (Å²) in [5.74, 6) is 0.787. The molecule has 0 aliphatic carbocycles. The quantitative estimate of drug-likeness (QED) is 0.641. The van der Waals surface area contributed by atoms with Crippen LogP contribution in [0.2, 0.25) is 0 Å². The minimum atomic E-state index is 0.0435. The van der Waals surface area contributed by atoms with E-state index >= 15 is 0 Å². The fourth-order valence-electron chi connectivity index (χ4n) is 3.70. The van der Waals surface area contributed by atoms with Gasteiger partial charge in [-0.25, -0.2) is 4.98 Å². The Morgan fingerprint density at radius 1 is 1.13 bits per heavy atom. The van der Waals surface area contributed by atoms with Crippen molar-refractivity contribution >= 4 is 17.2 Å². The van der Waals surface area contributed by atoms with Crippen LogP contribution in [0.1, 0.15) is 31.9 Å². The van der Waals surface area contributed by atoms with Gasteiger partial charge in [-0.3, -0.25) is 4.79 Å². The van der Waals surface area contributed by atoms with Gasteiger partial charge in [0.25, 0.3) is 5.91 Å². The Labute approximate surface area is 179 Å². The molecule has 1 aliphatic rings. The van der Waals surface area contributed by atoms with Crippen molar-refractivity contribution in [1.82, 2.24) is 14.3 Å². The number of pyridine rings is 1. The maximum atomic E-state index is 12.5. The Balaban J connectivity index is 0.00000124. The largest absolute Gasteiger partial charge is 0.484 e. The number of fused-ring (bicyclic) bond motifs is 1. The SMILES string of the molecule is CC.CCc1cc2nccn2cc1N1CCN(C(=O)COc2cccc(C)c2)CC1. The Bertz CT molecular complexity index is 974. The van der Waals surface area contributed by atoms with Gasteiger partial charge in [-0.15, -0.1) is 0 Å². The number of ether oxygens (including phenoxy) is 1. The first-order valence-electron chi connectivity index (χ1n) is 10.8. The van der Waals surface area contributed by atoms with E-state index < -0.39 is 0 Å². The molecule has 4 rings (SSSR count). The van der Waals surface area contributed by atoms with Gasteiger partial charge in [-0.2, -0.15) is 0 Å². The Kier molecular flexibility index (Phi) is 7.33. The monoisotopic (exact) mass is 408 g/mol. The summed E-state index contributed by atoms with van der Waals surface area (Å²) in [5, 5.41) is 0. The number of imidazole rings is 1. The van der Waals surface area contributed by atoms with Crippen LogP contribution in [-0.2, 0) is 11.2 Å². The number of aromatic nitrogens is 2. The highest BCUT2D eigenvalue weighted by molar-refractivity contribution is 5.78. The van der Waals surface area contributed by atoms with Crippen molar-refractivity contribution in [2.75, 3.05) is 37.7 Å². The normalized spacial score (nSPS) is 13.7. The molecular formula is C24H32N4O2. The molecule has 0 bridgehead atoms. The average Bonchev–Trinajstić information content (AvgIpc) is 3.25. The molecule has 30 heavy (non-hydrogen) atoms. The van der Waals surface area contributed by atoms with Gasteiger partial charge in [-0.05, 0) is 42.7 Å². The highest BCUT2D eigenvalue weighted by atomic mass is 16.5. The summed E-state index contributed by atoms with van der Waals surface area (Å²) < 4.78 is 7.73. The zero-order valence-corrected chi connectivity index (χ0v) is 18.5. The standard InChI is InChI=1S/C22H26N4O2.C2H6/c1-3-18-14-21-23-7-8-26(21)15-20(18)24-9-11-25(12-10-24)22(27)16-28-19-6-4-5-17(2)13-19;1-2/h4-8,13-15H,3,9-12,16H2,1-2H3;1-2H3. The summed E-state index contributed by atoms with van der Waals surface area (Å²) in [5.41, 5.74) is 4.63. The van der Waals surface area contributed by atoms with Crippen LogP contribution in [0.25, 0.3) is 5.65 Å². The minimum Gasteiger partial charge on any atom is -0.484 e. The molecule has 3 heterocycles. The summed E-state index contributed by atoms with van der Waals surface area (Å²) in [7, 11) is 0. The molecule has 160 valence electrons. The van der Waals surface area contributed by atoms with E-state index in [1.54, 1.807) is 0 Å². The molecule has 0 spiro atoms. The molecule has 6 heteroatoms. The van der Waals surface area contributed by atoms with Crippen molar-refractivity contribution in [3.63, 3.8) is 0 Å². The molecule has 0 unspecified atom stereocenters. The predicted octanol–water partition coefficient (Wildman–Crippen LogP) is 3.96. The third-order valence-corrected chi connectivity index (χ3v) is 5.30. The Morgan fingerprint density at radius 3 is 2.60 bits per heavy atom. The van der Waals surface area contributed by atoms with E-state index in [1.165, 1.54) is 11.3 Å². The van der Waals surface area contributed by atoms with Crippen LogP contribution in [0.15, 0.2) is 48.9 Å². The third-order valence-electron chi connectivity index (χ3n) is 5.30. The fourth-order valence-corrected chi connectivity index (χ4v) is 3.70. The first-order chi connectivity index (χ1) is 14.6. The van der Waals surface area contributed by atoms with E-state index in [2.05, 4.69) is 33.5 Å². The first-order valence-corrected chi connectivity index (χ1v) is 10.8. The van der Waals surface area contributed by atoms with Gasteiger partial charge in [0.1, 0.15) is 11.4 Å². The molecule has 1 fully saturated rings. The van der Waals surface area contributed by atoms with E-state index in [-0.39, 0.29) is 12.5 Å². The van der Waals surface area contributed by atoms with Gasteiger partial charge in [-0.1, -0.05) is 32.9 Å². The molecule has 0 atom stereocenters. The van der Waals surface area contributed by atoms with Gasteiger partial charge in [0.15, 0.2) is 6.61 Å². The number of benzene rings is 1. The zero-order valence-electron chi connectivity index (χ0n) is 18.5. The average molecular weight is 409 g/mol. The van der Waals surface area contributed by atoms with Gasteiger partial charge in [0, 0.05) is 44.8 Å². The van der Waals surface area contributed by atoms with E-state index in [1.807, 2.05) is 62.3 Å². The van der Waals surface area contributed by atoms with Crippen molar-refractivity contribution in [3.05, 3.63) is 60.0 Å². The lowest BCUT2D eigenvalue weighted by molar-refractivity contribution is -0.133. The van der Waals surface area contributed by atoms with Crippen LogP contribution in [0, 0.1) is 6.92 Å². The number of nitrogens with zero attached hydrogens (tertiary/aromatic N) is 4. The maximum Gasteiger partial charge on any atom is 0.260 e. The highest BCUT2D eigenvalue weighted by Gasteiger charge is 2.23. The lowest BCUT2D eigenvalue weighted by atomic mass is 10.1. The summed E-state index contributed by atoms with van der Waals surface area (Å²) in [6, 6.07) is 9.94. The van der Waals surface area contributed by atoms with Gasteiger partial charge < -0.3 is 18.9 Å². The molecular weight excluding hydrogens is 376 g/mol. The number of hydrogen-bond acceptors (Lipinski definition) is 4. The van der Waals surface area contributed by atoms with Crippen molar-refractivity contribution in [3.8, 4) is 5.75 Å². The van der Waals surface area contributed by atoms with Crippen molar-refractivity contribution in [1.29, 1.82) is 0 Å². The molecule has 1 aromatic carbocycles. The molecule has 1 saturated heterocycles. The summed E-state index contributed by atoms with van der Waals surface area (Å²) >= 11 is 0. The molecule has 0 saturated carbocycles.